The Kier molecular flexibility index (Phi) is 5.08. The average Bonchev–Trinajstić information content (AvgIpc) is 2.43. The van der Waals surface area contributed by atoms with E-state index in [4.69, 9.17) is 11.6 Å². The van der Waals surface area contributed by atoms with Gasteiger partial charge in [-0.3, -0.25) is 4.79 Å². The zero-order valence-corrected chi connectivity index (χ0v) is 12.2. The van der Waals surface area contributed by atoms with Gasteiger partial charge in [0.15, 0.2) is 0 Å². The van der Waals surface area contributed by atoms with Gasteiger partial charge in [-0.1, -0.05) is 17.7 Å². The second kappa shape index (κ2) is 6.80. The van der Waals surface area contributed by atoms with Gasteiger partial charge in [0.1, 0.15) is 0 Å². The summed E-state index contributed by atoms with van der Waals surface area (Å²) in [6.07, 6.45) is 4.09. The fourth-order valence-electron chi connectivity index (χ4n) is 2.39. The van der Waals surface area contributed by atoms with Crippen molar-refractivity contribution in [2.75, 3.05) is 25.0 Å². The van der Waals surface area contributed by atoms with Gasteiger partial charge in [-0.15, -0.1) is 0 Å². The number of carbonyl (C=O) groups is 1. The number of hydrogen-bond donors (Lipinski definition) is 1. The number of anilines is 1. The standard InChI is InChI=1S/C15H21ClN2O/c1-12-5-6-13(16)11-14(12)17-8-7-15(19)18-9-3-2-4-10-18/h5-6,11,17H,2-4,7-10H2,1H3. The van der Waals surface area contributed by atoms with Crippen molar-refractivity contribution in [1.29, 1.82) is 0 Å². The second-order valence-electron chi connectivity index (χ2n) is 5.08. The first kappa shape index (κ1) is 14.2. The monoisotopic (exact) mass is 280 g/mol. The van der Waals surface area contributed by atoms with Crippen molar-refractivity contribution in [2.45, 2.75) is 32.6 Å². The second-order valence-corrected chi connectivity index (χ2v) is 5.51. The summed E-state index contributed by atoms with van der Waals surface area (Å²) in [4.78, 5) is 14.0. The molecule has 4 heteroatoms. The molecular formula is C15H21ClN2O. The lowest BCUT2D eigenvalue weighted by Gasteiger charge is -2.26. The minimum atomic E-state index is 0.256. The summed E-state index contributed by atoms with van der Waals surface area (Å²) < 4.78 is 0. The zero-order valence-electron chi connectivity index (χ0n) is 11.4. The lowest BCUT2D eigenvalue weighted by atomic mass is 10.1. The number of likely N-dealkylation sites (tertiary alicyclic amines) is 1. The first-order valence-corrected chi connectivity index (χ1v) is 7.32. The molecule has 1 aromatic carbocycles. The minimum Gasteiger partial charge on any atom is -0.384 e. The Morgan fingerprint density at radius 3 is 2.79 bits per heavy atom. The van der Waals surface area contributed by atoms with Crippen LogP contribution in [0.25, 0.3) is 0 Å². The van der Waals surface area contributed by atoms with Crippen molar-refractivity contribution in [1.82, 2.24) is 4.90 Å². The number of carbonyl (C=O) groups excluding carboxylic acids is 1. The van der Waals surface area contributed by atoms with Crippen LogP contribution in [-0.2, 0) is 4.79 Å². The molecule has 3 nitrogen and oxygen atoms in total. The maximum absolute atomic E-state index is 12.0. The molecule has 1 aliphatic heterocycles. The van der Waals surface area contributed by atoms with E-state index in [1.54, 1.807) is 0 Å². The molecule has 19 heavy (non-hydrogen) atoms. The predicted octanol–water partition coefficient (Wildman–Crippen LogP) is 3.46. The van der Waals surface area contributed by atoms with Gasteiger partial charge in [0, 0.05) is 36.8 Å². The number of rotatable bonds is 4. The highest BCUT2D eigenvalue weighted by atomic mass is 35.5. The third kappa shape index (κ3) is 4.13. The topological polar surface area (TPSA) is 32.3 Å². The third-order valence-corrected chi connectivity index (χ3v) is 3.80. The number of hydrogen-bond acceptors (Lipinski definition) is 2. The molecule has 1 aromatic rings. The number of aryl methyl sites for hydroxylation is 1. The van der Waals surface area contributed by atoms with Gasteiger partial charge >= 0.3 is 0 Å². The van der Waals surface area contributed by atoms with Gasteiger partial charge < -0.3 is 10.2 Å². The Bertz CT molecular complexity index is 442. The molecule has 1 amide bonds. The number of nitrogens with one attached hydrogen (secondary N) is 1. The molecule has 0 saturated carbocycles. The lowest BCUT2D eigenvalue weighted by molar-refractivity contribution is -0.131. The molecule has 0 radical (unpaired) electrons. The van der Waals surface area contributed by atoms with Gasteiger partial charge in [-0.2, -0.15) is 0 Å². The van der Waals surface area contributed by atoms with E-state index in [0.29, 0.717) is 13.0 Å². The summed E-state index contributed by atoms with van der Waals surface area (Å²) in [7, 11) is 0. The number of piperidine rings is 1. The minimum absolute atomic E-state index is 0.256. The number of nitrogens with zero attached hydrogens (tertiary/aromatic N) is 1. The van der Waals surface area contributed by atoms with Crippen molar-refractivity contribution >= 4 is 23.2 Å². The fraction of sp³-hybridized carbons (Fsp3) is 0.533. The molecule has 0 bridgehead atoms. The van der Waals surface area contributed by atoms with E-state index in [1.807, 2.05) is 30.0 Å². The highest BCUT2D eigenvalue weighted by Crippen LogP contribution is 2.20. The molecule has 0 unspecified atom stereocenters. The van der Waals surface area contributed by atoms with E-state index in [9.17, 15) is 4.79 Å². The van der Waals surface area contributed by atoms with Crippen LogP contribution >= 0.6 is 11.6 Å². The van der Waals surface area contributed by atoms with Crippen molar-refractivity contribution in [3.63, 3.8) is 0 Å². The lowest BCUT2D eigenvalue weighted by Crippen LogP contribution is -2.36. The first-order chi connectivity index (χ1) is 9.16. The molecule has 1 saturated heterocycles. The maximum atomic E-state index is 12.0. The summed E-state index contributed by atoms with van der Waals surface area (Å²) in [6.45, 7) is 4.55. The fourth-order valence-corrected chi connectivity index (χ4v) is 2.56. The van der Waals surface area contributed by atoms with Crippen molar-refractivity contribution in [3.8, 4) is 0 Å². The van der Waals surface area contributed by atoms with Crippen LogP contribution < -0.4 is 5.32 Å². The Morgan fingerprint density at radius 2 is 2.05 bits per heavy atom. The molecule has 0 spiro atoms. The van der Waals surface area contributed by atoms with E-state index in [0.717, 1.165) is 42.2 Å². The van der Waals surface area contributed by atoms with Gasteiger partial charge in [0.25, 0.3) is 0 Å². The molecule has 2 rings (SSSR count). The summed E-state index contributed by atoms with van der Waals surface area (Å²) in [5.74, 6) is 0.256. The first-order valence-electron chi connectivity index (χ1n) is 6.94. The molecule has 1 heterocycles. The van der Waals surface area contributed by atoms with Crippen LogP contribution in [0, 0.1) is 6.92 Å². The van der Waals surface area contributed by atoms with Gasteiger partial charge in [-0.05, 0) is 43.9 Å². The summed E-state index contributed by atoms with van der Waals surface area (Å²) >= 11 is 5.96. The van der Waals surface area contributed by atoms with Crippen molar-refractivity contribution in [2.24, 2.45) is 0 Å². The van der Waals surface area contributed by atoms with Crippen LogP contribution in [0.5, 0.6) is 0 Å². The molecule has 0 atom stereocenters. The normalized spacial score (nSPS) is 15.4. The quantitative estimate of drug-likeness (QED) is 0.916. The Hall–Kier alpha value is -1.22. The van der Waals surface area contributed by atoms with E-state index in [-0.39, 0.29) is 5.91 Å². The number of halogens is 1. The van der Waals surface area contributed by atoms with E-state index >= 15 is 0 Å². The summed E-state index contributed by atoms with van der Waals surface area (Å²) in [5, 5.41) is 4.01. The smallest absolute Gasteiger partial charge is 0.224 e. The van der Waals surface area contributed by atoms with E-state index in [1.165, 1.54) is 6.42 Å². The Labute approximate surface area is 119 Å². The van der Waals surface area contributed by atoms with Crippen molar-refractivity contribution < 1.29 is 4.79 Å². The SMILES string of the molecule is Cc1ccc(Cl)cc1NCCC(=O)N1CCCCC1. The van der Waals surface area contributed by atoms with E-state index in [2.05, 4.69) is 5.32 Å². The molecule has 0 aromatic heterocycles. The largest absolute Gasteiger partial charge is 0.384 e. The zero-order chi connectivity index (χ0) is 13.7. The molecule has 0 aliphatic carbocycles. The highest BCUT2D eigenvalue weighted by Gasteiger charge is 2.15. The van der Waals surface area contributed by atoms with Crippen LogP contribution in [0.1, 0.15) is 31.2 Å². The Balaban J connectivity index is 1.79. The molecule has 1 N–H and O–H groups in total. The van der Waals surface area contributed by atoms with Crippen LogP contribution in [-0.4, -0.2) is 30.4 Å². The third-order valence-electron chi connectivity index (χ3n) is 3.56. The average molecular weight is 281 g/mol. The number of benzene rings is 1. The van der Waals surface area contributed by atoms with Crippen molar-refractivity contribution in [3.05, 3.63) is 28.8 Å². The van der Waals surface area contributed by atoms with Gasteiger partial charge in [-0.25, -0.2) is 0 Å². The predicted molar refractivity (Wildman–Crippen MR) is 79.7 cm³/mol. The van der Waals surface area contributed by atoms with Crippen LogP contribution in [0.2, 0.25) is 5.02 Å². The van der Waals surface area contributed by atoms with Gasteiger partial charge in [0.05, 0.1) is 0 Å². The molecule has 104 valence electrons. The van der Waals surface area contributed by atoms with E-state index < -0.39 is 0 Å². The number of amides is 1. The van der Waals surface area contributed by atoms with Gasteiger partial charge in [0.2, 0.25) is 5.91 Å². The maximum Gasteiger partial charge on any atom is 0.224 e. The summed E-state index contributed by atoms with van der Waals surface area (Å²) in [6, 6.07) is 5.76. The van der Waals surface area contributed by atoms with Crippen LogP contribution in [0.4, 0.5) is 5.69 Å². The summed E-state index contributed by atoms with van der Waals surface area (Å²) in [5.41, 5.74) is 2.16. The van der Waals surface area contributed by atoms with Crippen LogP contribution in [0.15, 0.2) is 18.2 Å². The highest BCUT2D eigenvalue weighted by molar-refractivity contribution is 6.30. The molecular weight excluding hydrogens is 260 g/mol. The molecule has 1 aliphatic rings. The molecule has 1 fully saturated rings. The Morgan fingerprint density at radius 1 is 1.32 bits per heavy atom. The van der Waals surface area contributed by atoms with Crippen LogP contribution in [0.3, 0.4) is 0 Å².